The van der Waals surface area contributed by atoms with Gasteiger partial charge in [0.1, 0.15) is 0 Å². The van der Waals surface area contributed by atoms with Crippen LogP contribution in [-0.4, -0.2) is 51.5 Å². The molecule has 0 atom stereocenters. The number of nitrogens with one attached hydrogen (secondary N) is 1. The summed E-state index contributed by atoms with van der Waals surface area (Å²) in [6.07, 6.45) is 2.75. The zero-order chi connectivity index (χ0) is 19.4. The van der Waals surface area contributed by atoms with E-state index in [4.69, 9.17) is 16.4 Å². The molecule has 1 aliphatic rings. The number of carbonyl (C=O) groups excluding carboxylic acids is 1. The zero-order valence-electron chi connectivity index (χ0n) is 15.0. The summed E-state index contributed by atoms with van der Waals surface area (Å²) in [7, 11) is 4.42. The van der Waals surface area contributed by atoms with Crippen LogP contribution in [0.1, 0.15) is 42.2 Å². The maximum atomic E-state index is 12.8. The number of amides is 1. The van der Waals surface area contributed by atoms with Crippen LogP contribution in [0.2, 0.25) is 0 Å². The highest BCUT2D eigenvalue weighted by Gasteiger charge is 2.28. The van der Waals surface area contributed by atoms with Crippen molar-refractivity contribution in [2.45, 2.75) is 37.8 Å². The van der Waals surface area contributed by atoms with E-state index < -0.39 is 22.9 Å². The molecule has 0 spiro atoms. The summed E-state index contributed by atoms with van der Waals surface area (Å²) < 4.78 is 7.36. The number of hydrogen-bond donors (Lipinski definition) is 3. The standard InChI is InChI=1S/C14H24N8O4/c1-20(16)13(18-15)17-11(23)10-12(24)22(14(25)21(2)19-10)8-4-6-9(26-3)7-5-8/h8-9H,4-7,15-16H2,1-3H3,(H,17,18,23). The number of nitrogens with zero attached hydrogens (tertiary/aromatic N) is 5. The van der Waals surface area contributed by atoms with Gasteiger partial charge in [0.25, 0.3) is 11.5 Å². The van der Waals surface area contributed by atoms with E-state index in [1.165, 1.54) is 14.1 Å². The first kappa shape index (κ1) is 19.6. The topological polar surface area (TPSA) is 163 Å². The third-order valence-corrected chi connectivity index (χ3v) is 4.39. The number of methoxy groups -OCH3 is 1. The summed E-state index contributed by atoms with van der Waals surface area (Å²) in [4.78, 5) is 37.6. The van der Waals surface area contributed by atoms with Crippen LogP contribution in [-0.2, 0) is 11.8 Å². The lowest BCUT2D eigenvalue weighted by molar-refractivity contribution is 0.0569. The second kappa shape index (κ2) is 8.10. The molecule has 0 saturated heterocycles. The minimum absolute atomic E-state index is 0.110. The lowest BCUT2D eigenvalue weighted by Crippen LogP contribution is -2.51. The number of ether oxygens (including phenoxy) is 1. The molecular weight excluding hydrogens is 344 g/mol. The van der Waals surface area contributed by atoms with E-state index in [1.54, 1.807) is 7.11 Å². The van der Waals surface area contributed by atoms with Crippen LogP contribution in [0, 0.1) is 0 Å². The van der Waals surface area contributed by atoms with Gasteiger partial charge in [-0.05, 0) is 25.7 Å². The quantitative estimate of drug-likeness (QED) is 0.235. The molecule has 0 bridgehead atoms. The molecule has 1 aromatic rings. The van der Waals surface area contributed by atoms with Crippen molar-refractivity contribution in [3.63, 3.8) is 0 Å². The molecule has 1 amide bonds. The minimum atomic E-state index is -0.855. The average Bonchev–Trinajstić information content (AvgIpc) is 2.62. The second-order valence-corrected chi connectivity index (χ2v) is 6.11. The number of guanidine groups is 1. The highest BCUT2D eigenvalue weighted by atomic mass is 16.5. The van der Waals surface area contributed by atoms with Crippen LogP contribution in [0.15, 0.2) is 14.7 Å². The van der Waals surface area contributed by atoms with E-state index >= 15 is 0 Å². The highest BCUT2D eigenvalue weighted by Crippen LogP contribution is 2.27. The van der Waals surface area contributed by atoms with Crippen molar-refractivity contribution >= 4 is 11.9 Å². The van der Waals surface area contributed by atoms with Gasteiger partial charge >= 0.3 is 5.69 Å². The maximum absolute atomic E-state index is 12.8. The number of nitrogens with two attached hydrogens (primary N) is 2. The van der Waals surface area contributed by atoms with Gasteiger partial charge in [0.2, 0.25) is 11.7 Å². The molecule has 12 heteroatoms. The predicted molar refractivity (Wildman–Crippen MR) is 93.1 cm³/mol. The van der Waals surface area contributed by atoms with Gasteiger partial charge < -0.3 is 10.6 Å². The molecule has 5 N–H and O–H groups in total. The van der Waals surface area contributed by atoms with Gasteiger partial charge in [-0.3, -0.25) is 24.5 Å². The predicted octanol–water partition coefficient (Wildman–Crippen LogP) is -2.16. The molecule has 0 aliphatic heterocycles. The first-order valence-corrected chi connectivity index (χ1v) is 8.10. The number of aromatic nitrogens is 3. The number of carbonyl (C=O) groups is 1. The molecule has 0 radical (unpaired) electrons. The Morgan fingerprint density at radius 2 is 1.96 bits per heavy atom. The third-order valence-electron chi connectivity index (χ3n) is 4.39. The smallest absolute Gasteiger partial charge is 0.347 e. The van der Waals surface area contributed by atoms with Gasteiger partial charge in [0.05, 0.1) is 6.10 Å². The van der Waals surface area contributed by atoms with E-state index in [0.29, 0.717) is 12.8 Å². The molecule has 1 fully saturated rings. The zero-order valence-corrected chi connectivity index (χ0v) is 15.0. The molecule has 1 heterocycles. The Balaban J connectivity index is 2.39. The Morgan fingerprint density at radius 3 is 2.46 bits per heavy atom. The van der Waals surface area contributed by atoms with Crippen LogP contribution >= 0.6 is 0 Å². The molecule has 1 aliphatic carbocycles. The number of hydrogen-bond acceptors (Lipinski definition) is 8. The molecule has 26 heavy (non-hydrogen) atoms. The van der Waals surface area contributed by atoms with E-state index in [0.717, 1.165) is 27.1 Å². The molecule has 1 aromatic heterocycles. The van der Waals surface area contributed by atoms with Gasteiger partial charge in [0, 0.05) is 27.2 Å². The summed E-state index contributed by atoms with van der Waals surface area (Å²) in [5.74, 6) is 9.61. The third kappa shape index (κ3) is 3.91. The molecule has 1 saturated carbocycles. The van der Waals surface area contributed by atoms with Crippen LogP contribution in [0.3, 0.4) is 0 Å². The normalized spacial score (nSPS) is 20.7. The Kier molecular flexibility index (Phi) is 6.10. The highest BCUT2D eigenvalue weighted by molar-refractivity contribution is 6.04. The first-order valence-electron chi connectivity index (χ1n) is 8.10. The van der Waals surface area contributed by atoms with E-state index in [2.05, 4.69) is 15.5 Å². The SMILES string of the molecule is COC1CCC(n2c(=O)c(C(=O)N/C(=N/N)N(C)N)nn(C)c2=O)CC1. The van der Waals surface area contributed by atoms with Gasteiger partial charge in [-0.2, -0.15) is 5.10 Å². The Morgan fingerprint density at radius 1 is 1.35 bits per heavy atom. The summed E-state index contributed by atoms with van der Waals surface area (Å²) in [6, 6.07) is -0.318. The van der Waals surface area contributed by atoms with Crippen molar-refractivity contribution in [2.75, 3.05) is 14.2 Å². The van der Waals surface area contributed by atoms with Crippen LogP contribution < -0.4 is 28.3 Å². The average molecular weight is 368 g/mol. The van der Waals surface area contributed by atoms with E-state index in [9.17, 15) is 14.4 Å². The van der Waals surface area contributed by atoms with Crippen molar-refractivity contribution in [3.8, 4) is 0 Å². The Hall–Kier alpha value is -2.73. The largest absolute Gasteiger partial charge is 0.381 e. The number of rotatable bonds is 3. The molecule has 144 valence electrons. The van der Waals surface area contributed by atoms with Gasteiger partial charge in [-0.25, -0.2) is 15.3 Å². The second-order valence-electron chi connectivity index (χ2n) is 6.11. The summed E-state index contributed by atoms with van der Waals surface area (Å²) in [5.41, 5.74) is -1.78. The summed E-state index contributed by atoms with van der Waals surface area (Å²) in [5, 5.41) is 10.4. The monoisotopic (exact) mass is 368 g/mol. The lowest BCUT2D eigenvalue weighted by Gasteiger charge is -2.28. The first-order chi connectivity index (χ1) is 12.3. The van der Waals surface area contributed by atoms with E-state index in [1.807, 2.05) is 0 Å². The van der Waals surface area contributed by atoms with Crippen molar-refractivity contribution in [3.05, 3.63) is 26.5 Å². The van der Waals surface area contributed by atoms with Gasteiger partial charge in [0.15, 0.2) is 0 Å². The van der Waals surface area contributed by atoms with Crippen LogP contribution in [0.4, 0.5) is 0 Å². The minimum Gasteiger partial charge on any atom is -0.381 e. The Labute approximate surface area is 149 Å². The molecule has 12 nitrogen and oxygen atoms in total. The van der Waals surface area contributed by atoms with E-state index in [-0.39, 0.29) is 18.1 Å². The summed E-state index contributed by atoms with van der Waals surface area (Å²) >= 11 is 0. The fourth-order valence-electron chi connectivity index (χ4n) is 2.97. The Bertz CT molecular complexity index is 804. The number of aryl methyl sites for hydroxylation is 1. The van der Waals surface area contributed by atoms with Crippen molar-refractivity contribution < 1.29 is 9.53 Å². The number of hydrazine groups is 1. The molecular formula is C14H24N8O4. The van der Waals surface area contributed by atoms with Crippen LogP contribution in [0.5, 0.6) is 0 Å². The summed E-state index contributed by atoms with van der Waals surface area (Å²) in [6.45, 7) is 0. The van der Waals surface area contributed by atoms with Crippen molar-refractivity contribution in [1.82, 2.24) is 24.7 Å². The van der Waals surface area contributed by atoms with Crippen molar-refractivity contribution in [1.29, 1.82) is 0 Å². The fraction of sp³-hybridized carbons (Fsp3) is 0.643. The number of hydrazone groups is 1. The van der Waals surface area contributed by atoms with Crippen LogP contribution in [0.25, 0.3) is 0 Å². The molecule has 0 aromatic carbocycles. The van der Waals surface area contributed by atoms with Gasteiger partial charge in [-0.15, -0.1) is 5.10 Å². The lowest BCUT2D eigenvalue weighted by atomic mass is 9.93. The van der Waals surface area contributed by atoms with Crippen molar-refractivity contribution in [2.24, 2.45) is 23.8 Å². The maximum Gasteiger partial charge on any atom is 0.347 e. The molecule has 0 unspecified atom stereocenters. The molecule has 2 rings (SSSR count). The van der Waals surface area contributed by atoms with Gasteiger partial charge in [-0.1, -0.05) is 0 Å². The fourth-order valence-corrected chi connectivity index (χ4v) is 2.97.